The van der Waals surface area contributed by atoms with Gasteiger partial charge in [-0.15, -0.1) is 0 Å². The summed E-state index contributed by atoms with van der Waals surface area (Å²) < 4.78 is 11.1. The molecule has 0 saturated carbocycles. The van der Waals surface area contributed by atoms with Gasteiger partial charge >= 0.3 is 5.91 Å². The minimum absolute atomic E-state index is 0.186. The second-order valence-corrected chi connectivity index (χ2v) is 5.75. The first-order valence-corrected chi connectivity index (χ1v) is 8.12. The first-order chi connectivity index (χ1) is 11.8. The first-order valence-electron chi connectivity index (χ1n) is 8.12. The fraction of sp³-hybridized carbons (Fsp3) is 0.412. The summed E-state index contributed by atoms with van der Waals surface area (Å²) >= 11 is 0. The lowest BCUT2D eigenvalue weighted by atomic mass is 10.1. The minimum atomic E-state index is -0.779. The van der Waals surface area contributed by atoms with E-state index in [0.29, 0.717) is 12.4 Å². The van der Waals surface area contributed by atoms with E-state index in [1.165, 1.54) is 30.9 Å². The lowest BCUT2D eigenvalue weighted by Gasteiger charge is -2.26. The number of ether oxygens (including phenoxy) is 1. The van der Waals surface area contributed by atoms with Gasteiger partial charge in [0.25, 0.3) is 5.89 Å². The lowest BCUT2D eigenvalue weighted by molar-refractivity contribution is 0.0669. The minimum Gasteiger partial charge on any atom is -0.492 e. The van der Waals surface area contributed by atoms with Gasteiger partial charge in [-0.1, -0.05) is 6.42 Å². The zero-order chi connectivity index (χ0) is 16.8. The zero-order valence-corrected chi connectivity index (χ0v) is 13.4. The molecule has 1 aliphatic rings. The van der Waals surface area contributed by atoms with E-state index in [1.54, 1.807) is 0 Å². The molecule has 0 unspecified atom stereocenters. The smallest absolute Gasteiger partial charge is 0.330 e. The fourth-order valence-electron chi connectivity index (χ4n) is 2.75. The van der Waals surface area contributed by atoms with Crippen molar-refractivity contribution < 1.29 is 19.2 Å². The van der Waals surface area contributed by atoms with E-state index in [4.69, 9.17) is 14.4 Å². The van der Waals surface area contributed by atoms with Crippen molar-refractivity contribution in [2.75, 3.05) is 26.2 Å². The highest BCUT2D eigenvalue weighted by Crippen LogP contribution is 2.23. The Hall–Kier alpha value is -2.38. The van der Waals surface area contributed by atoms with Gasteiger partial charge in [0.2, 0.25) is 0 Å². The number of piperidine rings is 1. The second-order valence-electron chi connectivity index (χ2n) is 5.75. The molecular weight excluding hydrogens is 310 g/mol. The van der Waals surface area contributed by atoms with Gasteiger partial charge in [-0.25, -0.2) is 10.5 Å². The predicted molar refractivity (Wildman–Crippen MR) is 87.0 cm³/mol. The Morgan fingerprint density at radius 3 is 2.71 bits per heavy atom. The molecule has 0 bridgehead atoms. The second kappa shape index (κ2) is 7.94. The van der Waals surface area contributed by atoms with Crippen LogP contribution in [0.2, 0.25) is 0 Å². The van der Waals surface area contributed by atoms with E-state index >= 15 is 0 Å². The molecule has 1 aliphatic heterocycles. The summed E-state index contributed by atoms with van der Waals surface area (Å²) in [5.41, 5.74) is 2.27. The normalized spacial score (nSPS) is 15.2. The summed E-state index contributed by atoms with van der Waals surface area (Å²) in [6.45, 7) is 3.95. The molecule has 1 saturated heterocycles. The van der Waals surface area contributed by atoms with Crippen LogP contribution < -0.4 is 10.2 Å². The number of amides is 1. The number of hydrogen-bond acceptors (Lipinski definition) is 6. The number of hydrogen-bond donors (Lipinski definition) is 2. The molecule has 0 spiro atoms. The number of carbonyl (C=O) groups is 1. The molecule has 7 heteroatoms. The van der Waals surface area contributed by atoms with Crippen LogP contribution >= 0.6 is 0 Å². The molecule has 2 heterocycles. The molecule has 1 amide bonds. The number of oxazole rings is 1. The van der Waals surface area contributed by atoms with Gasteiger partial charge in [0.05, 0.1) is 6.20 Å². The maximum atomic E-state index is 11.2. The molecule has 2 aromatic rings. The number of aromatic nitrogens is 1. The van der Waals surface area contributed by atoms with Gasteiger partial charge < -0.3 is 9.15 Å². The van der Waals surface area contributed by atoms with Crippen LogP contribution in [0.25, 0.3) is 11.3 Å². The SMILES string of the molecule is O=C(NO)c1ncc(-c2ccc(OCCN3CCCCC3)cc2)o1. The van der Waals surface area contributed by atoms with Gasteiger partial charge in [-0.2, -0.15) is 0 Å². The number of nitrogens with zero attached hydrogens (tertiary/aromatic N) is 2. The highest BCUT2D eigenvalue weighted by molar-refractivity contribution is 5.88. The van der Waals surface area contributed by atoms with Crippen molar-refractivity contribution in [1.29, 1.82) is 0 Å². The molecule has 7 nitrogen and oxygen atoms in total. The van der Waals surface area contributed by atoms with Crippen LogP contribution in [0.1, 0.15) is 29.9 Å². The number of carbonyl (C=O) groups excluding carboxylic acids is 1. The Morgan fingerprint density at radius 1 is 1.25 bits per heavy atom. The molecule has 1 fully saturated rings. The van der Waals surface area contributed by atoms with Crippen molar-refractivity contribution in [1.82, 2.24) is 15.4 Å². The molecule has 1 aromatic carbocycles. The Balaban J connectivity index is 1.53. The highest BCUT2D eigenvalue weighted by atomic mass is 16.5. The number of benzene rings is 1. The van der Waals surface area contributed by atoms with Crippen LogP contribution in [0.3, 0.4) is 0 Å². The lowest BCUT2D eigenvalue weighted by Crippen LogP contribution is -2.33. The molecule has 1 aromatic heterocycles. The van der Waals surface area contributed by atoms with Gasteiger partial charge in [-0.3, -0.25) is 14.9 Å². The molecule has 128 valence electrons. The van der Waals surface area contributed by atoms with Crippen LogP contribution in [0.4, 0.5) is 0 Å². The van der Waals surface area contributed by atoms with E-state index < -0.39 is 5.91 Å². The maximum absolute atomic E-state index is 11.2. The van der Waals surface area contributed by atoms with E-state index in [9.17, 15) is 4.79 Å². The Kier molecular flexibility index (Phi) is 5.45. The summed E-state index contributed by atoms with van der Waals surface area (Å²) in [4.78, 5) is 17.5. The Morgan fingerprint density at radius 2 is 2.00 bits per heavy atom. The third-order valence-electron chi connectivity index (χ3n) is 4.07. The third kappa shape index (κ3) is 4.12. The van der Waals surface area contributed by atoms with Crippen molar-refractivity contribution >= 4 is 5.91 Å². The Bertz CT molecular complexity index is 663. The molecule has 2 N–H and O–H groups in total. The van der Waals surface area contributed by atoms with Gasteiger partial charge in [-0.05, 0) is 50.2 Å². The predicted octanol–water partition coefficient (Wildman–Crippen LogP) is 2.33. The number of likely N-dealkylation sites (tertiary alicyclic amines) is 1. The summed E-state index contributed by atoms with van der Waals surface area (Å²) in [5, 5.41) is 8.56. The zero-order valence-electron chi connectivity index (χ0n) is 13.4. The number of hydroxylamine groups is 1. The summed E-state index contributed by atoms with van der Waals surface area (Å²) in [5.74, 6) is 0.283. The highest BCUT2D eigenvalue weighted by Gasteiger charge is 2.13. The van der Waals surface area contributed by atoms with E-state index in [0.717, 1.165) is 30.9 Å². The summed E-state index contributed by atoms with van der Waals surface area (Å²) in [6, 6.07) is 7.41. The van der Waals surface area contributed by atoms with Crippen LogP contribution in [-0.2, 0) is 0 Å². The molecule has 0 aliphatic carbocycles. The summed E-state index contributed by atoms with van der Waals surface area (Å²) in [6.07, 6.45) is 5.34. The first kappa shape index (κ1) is 16.5. The van der Waals surface area contributed by atoms with Crippen LogP contribution in [-0.4, -0.2) is 47.2 Å². The fourth-order valence-corrected chi connectivity index (χ4v) is 2.75. The largest absolute Gasteiger partial charge is 0.492 e. The molecule has 0 radical (unpaired) electrons. The van der Waals surface area contributed by atoms with Crippen molar-refractivity contribution in [3.8, 4) is 17.1 Å². The van der Waals surface area contributed by atoms with Crippen molar-refractivity contribution in [3.05, 3.63) is 36.4 Å². The maximum Gasteiger partial charge on any atom is 0.330 e. The Labute approximate surface area is 140 Å². The van der Waals surface area contributed by atoms with Crippen molar-refractivity contribution in [2.24, 2.45) is 0 Å². The van der Waals surface area contributed by atoms with E-state index in [2.05, 4.69) is 9.88 Å². The third-order valence-corrected chi connectivity index (χ3v) is 4.07. The van der Waals surface area contributed by atoms with Gasteiger partial charge in [0, 0.05) is 12.1 Å². The van der Waals surface area contributed by atoms with E-state index in [-0.39, 0.29) is 5.89 Å². The van der Waals surface area contributed by atoms with Crippen LogP contribution in [0.15, 0.2) is 34.9 Å². The summed E-state index contributed by atoms with van der Waals surface area (Å²) in [7, 11) is 0. The van der Waals surface area contributed by atoms with Gasteiger partial charge in [0.1, 0.15) is 12.4 Å². The monoisotopic (exact) mass is 331 g/mol. The van der Waals surface area contributed by atoms with Crippen LogP contribution in [0, 0.1) is 0 Å². The average Bonchev–Trinajstić information content (AvgIpc) is 3.13. The topological polar surface area (TPSA) is 87.8 Å². The van der Waals surface area contributed by atoms with Crippen molar-refractivity contribution in [3.63, 3.8) is 0 Å². The molecule has 24 heavy (non-hydrogen) atoms. The molecule has 0 atom stereocenters. The standard InChI is InChI=1S/C17H21N3O4/c21-16(19-22)17-18-12-15(24-17)13-4-6-14(7-5-13)23-11-10-20-8-2-1-3-9-20/h4-7,12,22H,1-3,8-11H2,(H,19,21). The van der Waals surface area contributed by atoms with Gasteiger partial charge in [0.15, 0.2) is 5.76 Å². The average molecular weight is 331 g/mol. The quantitative estimate of drug-likeness (QED) is 0.624. The number of rotatable bonds is 6. The van der Waals surface area contributed by atoms with E-state index in [1.807, 2.05) is 24.3 Å². The van der Waals surface area contributed by atoms with Crippen LogP contribution in [0.5, 0.6) is 5.75 Å². The molecular formula is C17H21N3O4. The number of nitrogens with one attached hydrogen (secondary N) is 1. The van der Waals surface area contributed by atoms with Crippen molar-refractivity contribution in [2.45, 2.75) is 19.3 Å². The molecule has 3 rings (SSSR count).